The molecule has 0 fully saturated rings. The first-order valence-electron chi connectivity index (χ1n) is 18.5. The van der Waals surface area contributed by atoms with Crippen molar-refractivity contribution in [2.24, 2.45) is 14.1 Å². The van der Waals surface area contributed by atoms with Gasteiger partial charge < -0.3 is 18.9 Å². The molecule has 0 bridgehead atoms. The van der Waals surface area contributed by atoms with E-state index in [1.165, 1.54) is 0 Å². The van der Waals surface area contributed by atoms with Crippen molar-refractivity contribution in [1.29, 1.82) is 0 Å². The fourth-order valence-corrected chi connectivity index (χ4v) is 5.92. The minimum atomic E-state index is -4.12. The van der Waals surface area contributed by atoms with Crippen LogP contribution >= 0.6 is 0 Å². The maximum absolute atomic E-state index is 11.3. The van der Waals surface area contributed by atoms with Crippen LogP contribution in [0.25, 0.3) is 0 Å². The van der Waals surface area contributed by atoms with E-state index in [1.807, 2.05) is 115 Å². The van der Waals surface area contributed by atoms with E-state index in [9.17, 15) is 13.0 Å². The first kappa shape index (κ1) is 40.5. The quantitative estimate of drug-likeness (QED) is 0.0511. The molecule has 0 unspecified atom stereocenters. The third-order valence-corrected chi connectivity index (χ3v) is 9.14. The molecule has 0 aliphatic carbocycles. The average molecular weight is 767 g/mol. The summed E-state index contributed by atoms with van der Waals surface area (Å²) in [7, 11) is -0.124. The molecule has 55 heavy (non-hydrogen) atoms. The number of aryl methyl sites for hydroxylation is 4. The minimum Gasteiger partial charge on any atom is -0.493 e. The Hall–Kier alpha value is -5.69. The van der Waals surface area contributed by atoms with E-state index in [1.54, 1.807) is 6.07 Å². The molecule has 2 aromatic heterocycles. The lowest BCUT2D eigenvalue weighted by molar-refractivity contribution is -0.671. The Kier molecular flexibility index (Phi) is 15.2. The highest BCUT2D eigenvalue weighted by Gasteiger charge is 2.12. The van der Waals surface area contributed by atoms with E-state index in [0.717, 1.165) is 61.4 Å². The van der Waals surface area contributed by atoms with Crippen LogP contribution in [0.4, 0.5) is 0 Å². The summed E-state index contributed by atoms with van der Waals surface area (Å²) in [5.41, 5.74) is 2.75. The van der Waals surface area contributed by atoms with Gasteiger partial charge >= 0.3 is 0 Å². The predicted molar refractivity (Wildman–Crippen MR) is 210 cm³/mol. The maximum atomic E-state index is 11.3. The Bertz CT molecular complexity index is 2200. The van der Waals surface area contributed by atoms with Gasteiger partial charge in [-0.15, -0.1) is 0 Å². The van der Waals surface area contributed by atoms with Gasteiger partial charge in [-0.05, 0) is 61.4 Å². The molecule has 0 saturated carbocycles. The zero-order valence-electron chi connectivity index (χ0n) is 31.8. The van der Waals surface area contributed by atoms with Crippen molar-refractivity contribution in [2.75, 3.05) is 32.2 Å². The molecule has 0 aliphatic heterocycles. The first-order chi connectivity index (χ1) is 26.6. The van der Waals surface area contributed by atoms with Crippen LogP contribution in [0.5, 0.6) is 23.0 Å². The van der Waals surface area contributed by atoms with Gasteiger partial charge in [0.1, 0.15) is 47.8 Å². The standard InChI is InChI=1S/C43H49N4O7S/c1-4-5-27-53-42-32-39(16-10-37-13-19-41(20-14-37)52-29-7-22-47-26-24-45(3)35-47)43(54-30-8-31-55(48,49)50)33-38(42)15-9-36-11-17-40(18-12-36)51-28-6-21-46-25-23-44(2)34-46/h11-14,17-20,23-26,32-35H,4-8,21-22,27-31H2,1-3H3/q+1/p+1. The maximum Gasteiger partial charge on any atom is 0.264 e. The number of imidazole rings is 2. The topological polar surface area (TPSA) is 109 Å². The average Bonchev–Trinajstić information content (AvgIpc) is 3.79. The normalized spacial score (nSPS) is 10.9. The zero-order valence-corrected chi connectivity index (χ0v) is 32.6. The van der Waals surface area contributed by atoms with E-state index in [-0.39, 0.29) is 13.0 Å². The summed E-state index contributed by atoms with van der Waals surface area (Å²) in [6.45, 7) is 5.60. The van der Waals surface area contributed by atoms with Crippen molar-refractivity contribution < 1.29 is 41.1 Å². The number of unbranched alkanes of at least 4 members (excludes halogenated alkanes) is 1. The molecule has 0 aliphatic rings. The predicted octanol–water partition coefficient (Wildman–Crippen LogP) is 5.51. The monoisotopic (exact) mass is 766 g/mol. The highest BCUT2D eigenvalue weighted by molar-refractivity contribution is 7.85. The second kappa shape index (κ2) is 20.7. The largest absolute Gasteiger partial charge is 0.493 e. The van der Waals surface area contributed by atoms with Gasteiger partial charge in [0.2, 0.25) is 12.7 Å². The van der Waals surface area contributed by atoms with E-state index in [4.69, 9.17) is 18.9 Å². The number of benzene rings is 3. The zero-order chi connectivity index (χ0) is 38.9. The molecule has 3 aromatic carbocycles. The Labute approximate surface area is 324 Å². The van der Waals surface area contributed by atoms with Gasteiger partial charge in [0.15, 0.2) is 0 Å². The number of rotatable bonds is 19. The highest BCUT2D eigenvalue weighted by Crippen LogP contribution is 2.29. The van der Waals surface area contributed by atoms with Crippen molar-refractivity contribution in [3.63, 3.8) is 0 Å². The first-order valence-corrected chi connectivity index (χ1v) is 20.1. The molecular weight excluding hydrogens is 717 g/mol. The van der Waals surface area contributed by atoms with Crippen LogP contribution in [0.1, 0.15) is 61.3 Å². The third-order valence-electron chi connectivity index (χ3n) is 8.34. The molecule has 0 spiro atoms. The molecule has 5 aromatic rings. The summed E-state index contributed by atoms with van der Waals surface area (Å²) < 4.78 is 64.3. The molecule has 2 heterocycles. The van der Waals surface area contributed by atoms with Crippen molar-refractivity contribution in [3.05, 3.63) is 120 Å². The Morgan fingerprint density at radius 2 is 1.05 bits per heavy atom. The molecule has 288 valence electrons. The van der Waals surface area contributed by atoms with Crippen molar-refractivity contribution in [1.82, 2.24) is 9.13 Å². The van der Waals surface area contributed by atoms with Crippen LogP contribution in [0.15, 0.2) is 98.1 Å². The summed E-state index contributed by atoms with van der Waals surface area (Å²) in [4.78, 5) is 0. The molecule has 0 saturated heterocycles. The van der Waals surface area contributed by atoms with E-state index < -0.39 is 15.9 Å². The van der Waals surface area contributed by atoms with Gasteiger partial charge in [-0.1, -0.05) is 37.0 Å². The lowest BCUT2D eigenvalue weighted by atomic mass is 10.1. The van der Waals surface area contributed by atoms with Gasteiger partial charge in [0, 0.05) is 36.1 Å². The van der Waals surface area contributed by atoms with Crippen LogP contribution in [0.2, 0.25) is 0 Å². The Morgan fingerprint density at radius 3 is 1.45 bits per heavy atom. The molecular formula is C43H50N4O7S+2. The molecule has 0 atom stereocenters. The van der Waals surface area contributed by atoms with E-state index >= 15 is 0 Å². The molecule has 1 N–H and O–H groups in total. The fraction of sp³-hybridized carbons (Fsp3) is 0.349. The number of hydrogen-bond donors (Lipinski definition) is 1. The van der Waals surface area contributed by atoms with Crippen LogP contribution in [0.3, 0.4) is 0 Å². The molecule has 11 nitrogen and oxygen atoms in total. The van der Waals surface area contributed by atoms with E-state index in [0.29, 0.717) is 42.4 Å². The SMILES string of the molecule is CCCCOc1cc(C#Cc2ccc(OCCCn3cc[n+](C)c3)cc2)c(OCCCS(=O)(=O)O)cc1C#Cc1ccc(OCCCn2cc[n+](C)c2)cc1. The summed E-state index contributed by atoms with van der Waals surface area (Å²) >= 11 is 0. The van der Waals surface area contributed by atoms with Crippen LogP contribution < -0.4 is 28.1 Å². The fourth-order valence-electron chi connectivity index (χ4n) is 5.43. The van der Waals surface area contributed by atoms with Crippen molar-refractivity contribution >= 4 is 10.1 Å². The van der Waals surface area contributed by atoms with Crippen LogP contribution in [-0.4, -0.2) is 54.3 Å². The molecule has 0 radical (unpaired) electrons. The third kappa shape index (κ3) is 14.2. The number of ether oxygens (including phenoxy) is 4. The lowest BCUT2D eigenvalue weighted by Crippen LogP contribution is -2.23. The summed E-state index contributed by atoms with van der Waals surface area (Å²) in [6.07, 6.45) is 15.9. The molecule has 0 amide bonds. The number of hydrogen-bond acceptors (Lipinski definition) is 6. The van der Waals surface area contributed by atoms with Gasteiger partial charge in [0.25, 0.3) is 10.1 Å². The minimum absolute atomic E-state index is 0.0533. The number of aromatic nitrogens is 4. The Morgan fingerprint density at radius 1 is 0.618 bits per heavy atom. The molecule has 12 heteroatoms. The van der Waals surface area contributed by atoms with Gasteiger partial charge in [-0.2, -0.15) is 8.42 Å². The van der Waals surface area contributed by atoms with Crippen molar-refractivity contribution in [3.8, 4) is 46.7 Å². The Balaban J connectivity index is 1.29. The summed E-state index contributed by atoms with van der Waals surface area (Å²) in [6, 6.07) is 18.8. The van der Waals surface area contributed by atoms with Gasteiger partial charge in [-0.3, -0.25) is 4.55 Å². The smallest absolute Gasteiger partial charge is 0.264 e. The number of nitrogens with zero attached hydrogens (tertiary/aromatic N) is 4. The van der Waals surface area contributed by atoms with E-state index in [2.05, 4.69) is 39.7 Å². The second-order valence-electron chi connectivity index (χ2n) is 13.1. The van der Waals surface area contributed by atoms with Crippen LogP contribution in [-0.2, 0) is 37.3 Å². The van der Waals surface area contributed by atoms with Crippen molar-refractivity contribution in [2.45, 2.75) is 52.1 Å². The highest BCUT2D eigenvalue weighted by atomic mass is 32.2. The summed E-state index contributed by atoms with van der Waals surface area (Å²) in [5, 5.41) is 0. The lowest BCUT2D eigenvalue weighted by Gasteiger charge is -2.13. The van der Waals surface area contributed by atoms with Crippen LogP contribution in [0, 0.1) is 23.7 Å². The molecule has 5 rings (SSSR count). The summed E-state index contributed by atoms with van der Waals surface area (Å²) in [5.74, 6) is 15.0. The van der Waals surface area contributed by atoms with Gasteiger partial charge in [0.05, 0.1) is 70.5 Å². The van der Waals surface area contributed by atoms with Gasteiger partial charge in [-0.25, -0.2) is 18.3 Å². The second-order valence-corrected chi connectivity index (χ2v) is 14.7.